The molecule has 0 unspecified atom stereocenters. The van der Waals surface area contributed by atoms with Gasteiger partial charge in [0.1, 0.15) is 11.6 Å². The zero-order chi connectivity index (χ0) is 18.5. The molecule has 0 saturated carbocycles. The van der Waals surface area contributed by atoms with Gasteiger partial charge < -0.3 is 4.90 Å². The highest BCUT2D eigenvalue weighted by Crippen LogP contribution is 2.23. The van der Waals surface area contributed by atoms with Gasteiger partial charge in [0.15, 0.2) is 5.78 Å². The van der Waals surface area contributed by atoms with E-state index in [9.17, 15) is 13.6 Å². The van der Waals surface area contributed by atoms with Crippen molar-refractivity contribution in [3.05, 3.63) is 64.7 Å². The van der Waals surface area contributed by atoms with E-state index < -0.39 is 5.82 Å². The van der Waals surface area contributed by atoms with E-state index in [1.54, 1.807) is 12.1 Å². The first kappa shape index (κ1) is 18.8. The minimum absolute atomic E-state index is 0.0459. The first-order valence-electron chi connectivity index (χ1n) is 8.74. The first-order valence-corrected chi connectivity index (χ1v) is 9.12. The maximum Gasteiger partial charge on any atom is 0.162 e. The van der Waals surface area contributed by atoms with Gasteiger partial charge >= 0.3 is 0 Å². The highest BCUT2D eigenvalue weighted by molar-refractivity contribution is 6.31. The Labute approximate surface area is 157 Å². The monoisotopic (exact) mass is 378 g/mol. The van der Waals surface area contributed by atoms with Gasteiger partial charge in [0.05, 0.1) is 5.02 Å². The van der Waals surface area contributed by atoms with E-state index in [-0.39, 0.29) is 16.6 Å². The zero-order valence-electron chi connectivity index (χ0n) is 14.4. The molecule has 0 N–H and O–H groups in total. The fraction of sp³-hybridized carbons (Fsp3) is 0.350. The Morgan fingerprint density at radius 2 is 1.69 bits per heavy atom. The van der Waals surface area contributed by atoms with Crippen molar-refractivity contribution in [1.29, 1.82) is 0 Å². The van der Waals surface area contributed by atoms with Crippen LogP contribution in [0.15, 0.2) is 42.5 Å². The molecule has 1 heterocycles. The molecule has 3 rings (SSSR count). The third-order valence-corrected chi connectivity index (χ3v) is 4.97. The van der Waals surface area contributed by atoms with Gasteiger partial charge in [-0.2, -0.15) is 0 Å². The van der Waals surface area contributed by atoms with Gasteiger partial charge in [0.25, 0.3) is 0 Å². The maximum absolute atomic E-state index is 13.3. The summed E-state index contributed by atoms with van der Waals surface area (Å²) in [5, 5.41) is 0.143. The summed E-state index contributed by atoms with van der Waals surface area (Å²) in [4.78, 5) is 16.6. The van der Waals surface area contributed by atoms with Crippen molar-refractivity contribution in [1.82, 2.24) is 4.90 Å². The van der Waals surface area contributed by atoms with Crippen LogP contribution in [0.2, 0.25) is 5.02 Å². The average Bonchev–Trinajstić information content (AvgIpc) is 2.65. The lowest BCUT2D eigenvalue weighted by Crippen LogP contribution is -2.46. The molecule has 0 amide bonds. The molecule has 6 heteroatoms. The molecule has 0 aromatic heterocycles. The summed E-state index contributed by atoms with van der Waals surface area (Å²) in [5.74, 6) is -0.689. The summed E-state index contributed by atoms with van der Waals surface area (Å²) in [5.41, 5.74) is 1.49. The number of halogens is 3. The van der Waals surface area contributed by atoms with Crippen LogP contribution in [-0.2, 0) is 0 Å². The number of carbonyl (C=O) groups is 1. The molecule has 2 aromatic rings. The molecule has 2 aromatic carbocycles. The van der Waals surface area contributed by atoms with Gasteiger partial charge in [0, 0.05) is 43.9 Å². The number of benzene rings is 2. The predicted octanol–water partition coefficient (Wildman–Crippen LogP) is 4.40. The highest BCUT2D eigenvalue weighted by Gasteiger charge is 2.18. The molecule has 0 spiro atoms. The van der Waals surface area contributed by atoms with Crippen LogP contribution in [0.4, 0.5) is 14.5 Å². The Balaban J connectivity index is 1.42. The van der Waals surface area contributed by atoms with Crippen LogP contribution < -0.4 is 4.90 Å². The molecule has 138 valence electrons. The van der Waals surface area contributed by atoms with E-state index in [0.717, 1.165) is 44.8 Å². The van der Waals surface area contributed by atoms with Crippen molar-refractivity contribution in [3.63, 3.8) is 0 Å². The lowest BCUT2D eigenvalue weighted by Gasteiger charge is -2.36. The number of anilines is 1. The number of ketones is 1. The Morgan fingerprint density at radius 1 is 1.00 bits per heavy atom. The van der Waals surface area contributed by atoms with E-state index in [2.05, 4.69) is 9.80 Å². The van der Waals surface area contributed by atoms with E-state index in [0.29, 0.717) is 12.0 Å². The van der Waals surface area contributed by atoms with Gasteiger partial charge in [-0.25, -0.2) is 8.78 Å². The van der Waals surface area contributed by atoms with Gasteiger partial charge in [0.2, 0.25) is 0 Å². The molecule has 3 nitrogen and oxygen atoms in total. The van der Waals surface area contributed by atoms with Crippen molar-refractivity contribution in [2.45, 2.75) is 12.8 Å². The molecule has 0 atom stereocenters. The number of nitrogens with zero attached hydrogens (tertiary/aromatic N) is 2. The smallest absolute Gasteiger partial charge is 0.162 e. The second-order valence-corrected chi connectivity index (χ2v) is 6.87. The van der Waals surface area contributed by atoms with Crippen LogP contribution >= 0.6 is 11.6 Å². The normalized spacial score (nSPS) is 15.3. The van der Waals surface area contributed by atoms with E-state index >= 15 is 0 Å². The van der Waals surface area contributed by atoms with Crippen molar-refractivity contribution >= 4 is 23.1 Å². The van der Waals surface area contributed by atoms with Crippen molar-refractivity contribution < 1.29 is 13.6 Å². The lowest BCUT2D eigenvalue weighted by atomic mass is 10.1. The van der Waals surface area contributed by atoms with Gasteiger partial charge in [-0.3, -0.25) is 9.69 Å². The van der Waals surface area contributed by atoms with E-state index in [1.165, 1.54) is 30.3 Å². The molecule has 1 saturated heterocycles. The fourth-order valence-electron chi connectivity index (χ4n) is 3.15. The molecule has 1 aliphatic heterocycles. The van der Waals surface area contributed by atoms with Gasteiger partial charge in [-0.1, -0.05) is 11.6 Å². The minimum Gasteiger partial charge on any atom is -0.369 e. The van der Waals surface area contributed by atoms with Crippen LogP contribution in [0.5, 0.6) is 0 Å². The number of hydrogen-bond donors (Lipinski definition) is 0. The van der Waals surface area contributed by atoms with E-state index in [1.807, 2.05) is 0 Å². The molecule has 0 radical (unpaired) electrons. The second-order valence-electron chi connectivity index (χ2n) is 6.46. The Morgan fingerprint density at radius 3 is 2.35 bits per heavy atom. The molecule has 0 aliphatic carbocycles. The average molecular weight is 379 g/mol. The fourth-order valence-corrected chi connectivity index (χ4v) is 3.33. The van der Waals surface area contributed by atoms with Crippen LogP contribution in [0.25, 0.3) is 0 Å². The topological polar surface area (TPSA) is 23.6 Å². The summed E-state index contributed by atoms with van der Waals surface area (Å²) in [7, 11) is 0. The van der Waals surface area contributed by atoms with Crippen LogP contribution in [0.3, 0.4) is 0 Å². The molecule has 1 aliphatic rings. The summed E-state index contributed by atoms with van der Waals surface area (Å²) in [6.07, 6.45) is 1.23. The lowest BCUT2D eigenvalue weighted by molar-refractivity contribution is 0.0974. The van der Waals surface area contributed by atoms with Gasteiger partial charge in [-0.15, -0.1) is 0 Å². The van der Waals surface area contributed by atoms with Crippen LogP contribution in [0.1, 0.15) is 23.2 Å². The first-order chi connectivity index (χ1) is 12.5. The molecular weight excluding hydrogens is 358 g/mol. The van der Waals surface area contributed by atoms with Crippen LogP contribution in [-0.4, -0.2) is 43.4 Å². The Hall–Kier alpha value is -1.98. The van der Waals surface area contributed by atoms with Crippen molar-refractivity contribution in [2.24, 2.45) is 0 Å². The largest absolute Gasteiger partial charge is 0.369 e. The predicted molar refractivity (Wildman–Crippen MR) is 100 cm³/mol. The minimum atomic E-state index is -0.403. The number of piperazine rings is 1. The number of rotatable bonds is 6. The summed E-state index contributed by atoms with van der Waals surface area (Å²) >= 11 is 5.85. The molecule has 1 fully saturated rings. The van der Waals surface area contributed by atoms with Crippen molar-refractivity contribution in [3.8, 4) is 0 Å². The summed E-state index contributed by atoms with van der Waals surface area (Å²) in [6, 6.07) is 10.5. The Bertz CT molecular complexity index is 759. The highest BCUT2D eigenvalue weighted by atomic mass is 35.5. The Kier molecular flexibility index (Phi) is 6.22. The van der Waals surface area contributed by atoms with Crippen molar-refractivity contribution in [2.75, 3.05) is 37.6 Å². The molecular formula is C20H21ClF2N2O. The number of hydrogen-bond acceptors (Lipinski definition) is 3. The molecule has 26 heavy (non-hydrogen) atoms. The second kappa shape index (κ2) is 8.60. The molecule has 0 bridgehead atoms. The zero-order valence-corrected chi connectivity index (χ0v) is 15.2. The standard InChI is InChI=1S/C20H21ClF2N2O/c21-18-14-17(7-8-19(18)23)25-12-10-24(11-13-25)9-1-2-20(26)15-3-5-16(22)6-4-15/h3-8,14H,1-2,9-13H2. The number of Topliss-reactive ketones (excluding diaryl/α,β-unsaturated/α-hetero) is 1. The maximum atomic E-state index is 13.3. The summed E-state index contributed by atoms with van der Waals surface area (Å²) < 4.78 is 26.2. The third kappa shape index (κ3) is 4.80. The van der Waals surface area contributed by atoms with E-state index in [4.69, 9.17) is 11.6 Å². The quantitative estimate of drug-likeness (QED) is 0.696. The third-order valence-electron chi connectivity index (χ3n) is 4.69. The number of carbonyl (C=O) groups excluding carboxylic acids is 1. The van der Waals surface area contributed by atoms with Crippen LogP contribution in [0, 0.1) is 11.6 Å². The van der Waals surface area contributed by atoms with Gasteiger partial charge in [-0.05, 0) is 55.4 Å². The SMILES string of the molecule is O=C(CCCN1CCN(c2ccc(F)c(Cl)c2)CC1)c1ccc(F)cc1. The summed E-state index contributed by atoms with van der Waals surface area (Å²) in [6.45, 7) is 4.31.